The van der Waals surface area contributed by atoms with Gasteiger partial charge in [0.2, 0.25) is 0 Å². The number of fused-ring (bicyclic) bond motifs is 1. The summed E-state index contributed by atoms with van der Waals surface area (Å²) in [7, 11) is 0. The lowest BCUT2D eigenvalue weighted by Crippen LogP contribution is -2.18. The second-order valence-corrected chi connectivity index (χ2v) is 6.21. The van der Waals surface area contributed by atoms with E-state index in [1.54, 1.807) is 0 Å². The Morgan fingerprint density at radius 2 is 1.78 bits per heavy atom. The van der Waals surface area contributed by atoms with Crippen molar-refractivity contribution in [2.75, 3.05) is 18.5 Å². The fraction of sp³-hybridized carbons (Fsp3) is 0.318. The zero-order valence-corrected chi connectivity index (χ0v) is 16.3. The highest BCUT2D eigenvalue weighted by Gasteiger charge is 2.21. The molecule has 142 valence electrons. The van der Waals surface area contributed by atoms with Gasteiger partial charge < -0.3 is 19.4 Å². The van der Waals surface area contributed by atoms with E-state index in [-0.39, 0.29) is 5.91 Å². The van der Waals surface area contributed by atoms with Crippen LogP contribution in [-0.4, -0.2) is 23.7 Å². The minimum Gasteiger partial charge on any atom is -0.494 e. The molecule has 0 spiro atoms. The van der Waals surface area contributed by atoms with Crippen LogP contribution < -0.4 is 14.8 Å². The van der Waals surface area contributed by atoms with Gasteiger partial charge in [-0.3, -0.25) is 4.79 Å². The van der Waals surface area contributed by atoms with E-state index in [0.717, 1.165) is 22.2 Å². The van der Waals surface area contributed by atoms with Crippen molar-refractivity contribution in [3.63, 3.8) is 0 Å². The molecule has 1 aromatic heterocycles. The van der Waals surface area contributed by atoms with Crippen molar-refractivity contribution in [1.82, 2.24) is 4.57 Å². The van der Waals surface area contributed by atoms with Crippen molar-refractivity contribution in [2.24, 2.45) is 0 Å². The zero-order valence-electron chi connectivity index (χ0n) is 16.3. The first-order chi connectivity index (χ1) is 13.1. The summed E-state index contributed by atoms with van der Waals surface area (Å²) in [5.74, 6) is 1.34. The first kappa shape index (κ1) is 18.8. The van der Waals surface area contributed by atoms with Crippen LogP contribution >= 0.6 is 0 Å². The molecule has 0 atom stereocenters. The van der Waals surface area contributed by atoms with Crippen LogP contribution in [0.2, 0.25) is 0 Å². The van der Waals surface area contributed by atoms with Crippen LogP contribution in [0.25, 0.3) is 10.9 Å². The Morgan fingerprint density at radius 3 is 2.48 bits per heavy atom. The van der Waals surface area contributed by atoms with E-state index in [4.69, 9.17) is 9.47 Å². The van der Waals surface area contributed by atoms with Crippen LogP contribution in [0, 0.1) is 6.92 Å². The van der Waals surface area contributed by atoms with Crippen LogP contribution in [0.15, 0.2) is 42.5 Å². The number of aryl methyl sites for hydroxylation is 2. The van der Waals surface area contributed by atoms with Gasteiger partial charge >= 0.3 is 0 Å². The van der Waals surface area contributed by atoms with Crippen molar-refractivity contribution in [1.29, 1.82) is 0 Å². The summed E-state index contributed by atoms with van der Waals surface area (Å²) in [6.07, 6.45) is 0. The van der Waals surface area contributed by atoms with E-state index in [9.17, 15) is 4.79 Å². The first-order valence-corrected chi connectivity index (χ1v) is 9.39. The van der Waals surface area contributed by atoms with Gasteiger partial charge in [0, 0.05) is 17.4 Å². The maximum Gasteiger partial charge on any atom is 0.272 e. The summed E-state index contributed by atoms with van der Waals surface area (Å²) < 4.78 is 13.3. The summed E-state index contributed by atoms with van der Waals surface area (Å²) in [5, 5.41) is 4.05. The lowest BCUT2D eigenvalue weighted by Gasteiger charge is -2.13. The Morgan fingerprint density at radius 1 is 1.04 bits per heavy atom. The highest BCUT2D eigenvalue weighted by Crippen LogP contribution is 2.31. The Labute approximate surface area is 159 Å². The lowest BCUT2D eigenvalue weighted by atomic mass is 10.1. The van der Waals surface area contributed by atoms with Gasteiger partial charge in [0.15, 0.2) is 0 Å². The molecule has 0 radical (unpaired) electrons. The van der Waals surface area contributed by atoms with Gasteiger partial charge in [0.25, 0.3) is 5.91 Å². The van der Waals surface area contributed by atoms with Gasteiger partial charge in [0.1, 0.15) is 17.2 Å². The number of nitrogens with zero attached hydrogens (tertiary/aromatic N) is 1. The summed E-state index contributed by atoms with van der Waals surface area (Å²) in [4.78, 5) is 13.1. The Hall–Kier alpha value is -2.95. The van der Waals surface area contributed by atoms with Crippen molar-refractivity contribution in [3.8, 4) is 11.5 Å². The number of benzene rings is 2. The van der Waals surface area contributed by atoms with Crippen LogP contribution in [0.1, 0.15) is 36.8 Å². The number of rotatable bonds is 7. The molecule has 3 rings (SSSR count). The maximum atomic E-state index is 13.1. The van der Waals surface area contributed by atoms with Gasteiger partial charge in [-0.15, -0.1) is 0 Å². The van der Waals surface area contributed by atoms with Crippen molar-refractivity contribution in [3.05, 3.63) is 53.7 Å². The number of amides is 1. The monoisotopic (exact) mass is 366 g/mol. The second kappa shape index (κ2) is 8.16. The summed E-state index contributed by atoms with van der Waals surface area (Å²) in [5.41, 5.74) is 3.31. The molecule has 0 saturated heterocycles. The summed E-state index contributed by atoms with van der Waals surface area (Å²) in [6.45, 7) is 9.76. The van der Waals surface area contributed by atoms with Crippen molar-refractivity contribution in [2.45, 2.75) is 34.2 Å². The number of anilines is 1. The van der Waals surface area contributed by atoms with Crippen LogP contribution in [0.5, 0.6) is 11.5 Å². The Balaban J connectivity index is 2.03. The zero-order chi connectivity index (χ0) is 19.4. The smallest absolute Gasteiger partial charge is 0.272 e. The second-order valence-electron chi connectivity index (χ2n) is 6.21. The van der Waals surface area contributed by atoms with Crippen LogP contribution in [0.3, 0.4) is 0 Å². The van der Waals surface area contributed by atoms with E-state index >= 15 is 0 Å². The average molecular weight is 366 g/mol. The SMILES string of the molecule is CCOc1ccc2c(c1)c(C)c(C(=O)Nc1ccccc1OCC)n2CC. The third-order valence-electron chi connectivity index (χ3n) is 4.57. The molecule has 1 heterocycles. The molecular weight excluding hydrogens is 340 g/mol. The van der Waals surface area contributed by atoms with Gasteiger partial charge in [-0.2, -0.15) is 0 Å². The highest BCUT2D eigenvalue weighted by atomic mass is 16.5. The molecule has 0 unspecified atom stereocenters. The van der Waals surface area contributed by atoms with Gasteiger partial charge in [0.05, 0.1) is 18.9 Å². The molecule has 0 fully saturated rings. The van der Waals surface area contributed by atoms with Gasteiger partial charge in [-0.05, 0) is 63.6 Å². The van der Waals surface area contributed by atoms with Crippen molar-refractivity contribution >= 4 is 22.5 Å². The molecule has 2 aromatic carbocycles. The summed E-state index contributed by atoms with van der Waals surface area (Å²) >= 11 is 0. The molecule has 5 heteroatoms. The predicted octanol–water partition coefficient (Wildman–Crippen LogP) is 5.02. The number of hydrogen-bond donors (Lipinski definition) is 1. The maximum absolute atomic E-state index is 13.1. The van der Waals surface area contributed by atoms with E-state index in [1.165, 1.54) is 0 Å². The molecule has 0 saturated carbocycles. The molecule has 3 aromatic rings. The number of aromatic nitrogens is 1. The normalized spacial score (nSPS) is 10.8. The predicted molar refractivity (Wildman–Crippen MR) is 109 cm³/mol. The largest absolute Gasteiger partial charge is 0.494 e. The van der Waals surface area contributed by atoms with Gasteiger partial charge in [-0.25, -0.2) is 0 Å². The van der Waals surface area contributed by atoms with Crippen LogP contribution in [0.4, 0.5) is 5.69 Å². The minimum atomic E-state index is -0.143. The summed E-state index contributed by atoms with van der Waals surface area (Å²) in [6, 6.07) is 13.5. The van der Waals surface area contributed by atoms with E-state index in [0.29, 0.717) is 36.9 Å². The lowest BCUT2D eigenvalue weighted by molar-refractivity contribution is 0.101. The van der Waals surface area contributed by atoms with Crippen LogP contribution in [-0.2, 0) is 6.54 Å². The molecule has 0 bridgehead atoms. The molecule has 0 aliphatic carbocycles. The number of hydrogen-bond acceptors (Lipinski definition) is 3. The number of para-hydroxylation sites is 2. The molecule has 0 aliphatic rings. The van der Waals surface area contributed by atoms with E-state index in [2.05, 4.69) is 5.32 Å². The van der Waals surface area contributed by atoms with Crippen molar-refractivity contribution < 1.29 is 14.3 Å². The third-order valence-corrected chi connectivity index (χ3v) is 4.57. The molecule has 0 aliphatic heterocycles. The number of nitrogens with one attached hydrogen (secondary N) is 1. The quantitative estimate of drug-likeness (QED) is 0.639. The van der Waals surface area contributed by atoms with E-state index < -0.39 is 0 Å². The molecule has 1 N–H and O–H groups in total. The molecule has 5 nitrogen and oxygen atoms in total. The Bertz CT molecular complexity index is 960. The fourth-order valence-corrected chi connectivity index (χ4v) is 3.41. The Kier molecular flexibility index (Phi) is 5.69. The van der Waals surface area contributed by atoms with E-state index in [1.807, 2.05) is 74.7 Å². The van der Waals surface area contributed by atoms with Gasteiger partial charge in [-0.1, -0.05) is 12.1 Å². The standard InChI is InChI=1S/C22H26N2O3/c1-5-24-19-13-12-16(26-6-2)14-17(19)15(4)21(24)22(25)23-18-10-8-9-11-20(18)27-7-3/h8-14H,5-7H2,1-4H3,(H,23,25). The number of carbonyl (C=O) groups is 1. The average Bonchev–Trinajstić information content (AvgIpc) is 2.95. The molecule has 1 amide bonds. The molecule has 27 heavy (non-hydrogen) atoms. The minimum absolute atomic E-state index is 0.143. The number of ether oxygens (including phenoxy) is 2. The topological polar surface area (TPSA) is 52.5 Å². The molecular formula is C22H26N2O3. The highest BCUT2D eigenvalue weighted by molar-refractivity contribution is 6.09. The fourth-order valence-electron chi connectivity index (χ4n) is 3.41. The third kappa shape index (κ3) is 3.63. The first-order valence-electron chi connectivity index (χ1n) is 9.39. The number of carbonyl (C=O) groups excluding carboxylic acids is 1.